The van der Waals surface area contributed by atoms with Crippen LogP contribution in [0.5, 0.6) is 0 Å². The Morgan fingerprint density at radius 3 is 2.95 bits per heavy atom. The van der Waals surface area contributed by atoms with Crippen molar-refractivity contribution in [3.8, 4) is 0 Å². The molecule has 0 saturated carbocycles. The third-order valence-corrected chi connectivity index (χ3v) is 4.89. The molecular weight excluding hydrogens is 278 g/mol. The minimum atomic E-state index is -0.278. The number of amides is 1. The molecule has 114 valence electrons. The molecule has 22 heavy (non-hydrogen) atoms. The lowest BCUT2D eigenvalue weighted by atomic mass is 9.92. The Balaban J connectivity index is 1.69. The van der Waals surface area contributed by atoms with Crippen LogP contribution in [0.25, 0.3) is 0 Å². The fraction of sp³-hybridized carbons (Fsp3) is 0.389. The van der Waals surface area contributed by atoms with Crippen LogP contribution >= 0.6 is 0 Å². The molecule has 0 saturated heterocycles. The molecule has 0 radical (unpaired) electrons. The summed E-state index contributed by atoms with van der Waals surface area (Å²) in [7, 11) is 0. The standard InChI is InChI=1S/C18H19NO3/c20-10-16-14-6-2-1-4-12(14)8-9-19(16)18(21)17-15-7-3-5-13(15)11-22-17/h1-2,4,6,11,16,20H,3,5,7-10H2. The predicted molar refractivity (Wildman–Crippen MR) is 81.7 cm³/mol. The second-order valence-electron chi connectivity index (χ2n) is 6.07. The lowest BCUT2D eigenvalue weighted by Gasteiger charge is -2.36. The van der Waals surface area contributed by atoms with Gasteiger partial charge in [-0.2, -0.15) is 0 Å². The second kappa shape index (κ2) is 5.29. The van der Waals surface area contributed by atoms with Gasteiger partial charge in [-0.25, -0.2) is 0 Å². The number of carbonyl (C=O) groups excluding carboxylic acids is 1. The Hall–Kier alpha value is -2.07. The van der Waals surface area contributed by atoms with Crippen molar-refractivity contribution in [3.63, 3.8) is 0 Å². The topological polar surface area (TPSA) is 53.7 Å². The molecular formula is C18H19NO3. The first-order valence-electron chi connectivity index (χ1n) is 7.88. The summed E-state index contributed by atoms with van der Waals surface area (Å²) in [4.78, 5) is 14.7. The molecule has 1 N–H and O–H groups in total. The zero-order valence-electron chi connectivity index (χ0n) is 12.4. The van der Waals surface area contributed by atoms with Crippen LogP contribution in [0.1, 0.15) is 45.3 Å². The van der Waals surface area contributed by atoms with Gasteiger partial charge < -0.3 is 14.4 Å². The quantitative estimate of drug-likeness (QED) is 0.926. The summed E-state index contributed by atoms with van der Waals surface area (Å²) in [5, 5.41) is 9.82. The molecule has 1 amide bonds. The van der Waals surface area contributed by atoms with Gasteiger partial charge in [-0.1, -0.05) is 24.3 Å². The molecule has 0 bridgehead atoms. The summed E-state index contributed by atoms with van der Waals surface area (Å²) < 4.78 is 5.56. The van der Waals surface area contributed by atoms with E-state index in [1.165, 1.54) is 11.1 Å². The zero-order valence-corrected chi connectivity index (χ0v) is 12.4. The average molecular weight is 297 g/mol. The number of nitrogens with zero attached hydrogens (tertiary/aromatic N) is 1. The van der Waals surface area contributed by atoms with Crippen LogP contribution < -0.4 is 0 Å². The van der Waals surface area contributed by atoms with Crippen molar-refractivity contribution in [3.05, 3.63) is 58.5 Å². The van der Waals surface area contributed by atoms with Gasteiger partial charge in [-0.05, 0) is 42.4 Å². The summed E-state index contributed by atoms with van der Waals surface area (Å²) in [5.74, 6) is 0.391. The van der Waals surface area contributed by atoms with E-state index in [9.17, 15) is 9.90 Å². The Morgan fingerprint density at radius 2 is 2.09 bits per heavy atom. The van der Waals surface area contributed by atoms with E-state index in [0.29, 0.717) is 12.3 Å². The number of hydrogen-bond donors (Lipinski definition) is 1. The molecule has 2 aromatic rings. The third-order valence-electron chi connectivity index (χ3n) is 4.89. The van der Waals surface area contributed by atoms with Gasteiger partial charge in [0.2, 0.25) is 0 Å². The molecule has 1 aliphatic heterocycles. The van der Waals surface area contributed by atoms with E-state index in [-0.39, 0.29) is 18.6 Å². The van der Waals surface area contributed by atoms with E-state index in [1.54, 1.807) is 11.2 Å². The number of fused-ring (bicyclic) bond motifs is 2. The summed E-state index contributed by atoms with van der Waals surface area (Å²) in [6.45, 7) is 0.558. The number of aryl methyl sites for hydroxylation is 1. The first-order valence-corrected chi connectivity index (χ1v) is 7.88. The molecule has 4 rings (SSSR count). The fourth-order valence-electron chi connectivity index (χ4n) is 3.76. The number of benzene rings is 1. The SMILES string of the molecule is O=C(c1occ2c1CCC2)N1CCc2ccccc2C1CO. The van der Waals surface area contributed by atoms with Crippen molar-refractivity contribution in [2.45, 2.75) is 31.7 Å². The van der Waals surface area contributed by atoms with Crippen LogP contribution in [0, 0.1) is 0 Å². The highest BCUT2D eigenvalue weighted by Gasteiger charge is 2.34. The molecule has 0 fully saturated rings. The van der Waals surface area contributed by atoms with E-state index < -0.39 is 0 Å². The van der Waals surface area contributed by atoms with E-state index in [4.69, 9.17) is 4.42 Å². The lowest BCUT2D eigenvalue weighted by Crippen LogP contribution is -2.41. The summed E-state index contributed by atoms with van der Waals surface area (Å²) in [5.41, 5.74) is 4.50. The smallest absolute Gasteiger partial charge is 0.290 e. The molecule has 4 heteroatoms. The van der Waals surface area contributed by atoms with Gasteiger partial charge in [0, 0.05) is 12.1 Å². The Labute approximate surface area is 129 Å². The van der Waals surface area contributed by atoms with E-state index in [1.807, 2.05) is 18.2 Å². The number of hydrogen-bond acceptors (Lipinski definition) is 3. The predicted octanol–water partition coefficient (Wildman–Crippen LogP) is 2.50. The molecule has 1 aromatic carbocycles. The van der Waals surface area contributed by atoms with Crippen molar-refractivity contribution in [2.24, 2.45) is 0 Å². The largest absolute Gasteiger partial charge is 0.459 e. The van der Waals surface area contributed by atoms with E-state index >= 15 is 0 Å². The third kappa shape index (κ3) is 1.98. The number of aliphatic hydroxyl groups is 1. The van der Waals surface area contributed by atoms with Gasteiger partial charge in [0.25, 0.3) is 5.91 Å². The van der Waals surface area contributed by atoms with Crippen LogP contribution in [-0.4, -0.2) is 29.1 Å². The number of aliphatic hydroxyl groups excluding tert-OH is 1. The minimum Gasteiger partial charge on any atom is -0.459 e. The Kier molecular flexibility index (Phi) is 3.26. The molecule has 1 aromatic heterocycles. The van der Waals surface area contributed by atoms with Gasteiger partial charge in [-0.3, -0.25) is 4.79 Å². The van der Waals surface area contributed by atoms with E-state index in [2.05, 4.69) is 6.07 Å². The average Bonchev–Trinajstić information content (AvgIpc) is 3.16. The first-order chi connectivity index (χ1) is 10.8. The summed E-state index contributed by atoms with van der Waals surface area (Å²) >= 11 is 0. The summed E-state index contributed by atoms with van der Waals surface area (Å²) in [6, 6.07) is 7.76. The second-order valence-corrected chi connectivity index (χ2v) is 6.07. The Bertz CT molecular complexity index is 719. The maximum atomic E-state index is 12.9. The number of carbonyl (C=O) groups is 1. The van der Waals surface area contributed by atoms with Crippen LogP contribution in [0.3, 0.4) is 0 Å². The molecule has 1 atom stereocenters. The van der Waals surface area contributed by atoms with Crippen LogP contribution in [0.15, 0.2) is 34.9 Å². The highest BCUT2D eigenvalue weighted by Crippen LogP contribution is 2.33. The number of rotatable bonds is 2. The molecule has 4 nitrogen and oxygen atoms in total. The first kappa shape index (κ1) is 13.6. The zero-order chi connectivity index (χ0) is 15.1. The van der Waals surface area contributed by atoms with Crippen molar-refractivity contribution < 1.29 is 14.3 Å². The van der Waals surface area contributed by atoms with Gasteiger partial charge in [0.15, 0.2) is 5.76 Å². The van der Waals surface area contributed by atoms with Crippen LogP contribution in [0.4, 0.5) is 0 Å². The monoisotopic (exact) mass is 297 g/mol. The molecule has 0 spiro atoms. The molecule has 2 aliphatic rings. The van der Waals surface area contributed by atoms with Crippen molar-refractivity contribution in [2.75, 3.05) is 13.2 Å². The molecule has 1 aliphatic carbocycles. The van der Waals surface area contributed by atoms with Crippen molar-refractivity contribution >= 4 is 5.91 Å². The van der Waals surface area contributed by atoms with Crippen LogP contribution in [0.2, 0.25) is 0 Å². The fourth-order valence-corrected chi connectivity index (χ4v) is 3.76. The highest BCUT2D eigenvalue weighted by molar-refractivity contribution is 5.94. The van der Waals surface area contributed by atoms with Crippen LogP contribution in [-0.2, 0) is 19.3 Å². The lowest BCUT2D eigenvalue weighted by molar-refractivity contribution is 0.0536. The molecule has 1 unspecified atom stereocenters. The molecule has 2 heterocycles. The highest BCUT2D eigenvalue weighted by atomic mass is 16.3. The Morgan fingerprint density at radius 1 is 1.23 bits per heavy atom. The number of furan rings is 1. The maximum absolute atomic E-state index is 12.9. The van der Waals surface area contributed by atoms with Crippen molar-refractivity contribution in [1.82, 2.24) is 4.90 Å². The minimum absolute atomic E-state index is 0.0638. The summed E-state index contributed by atoms with van der Waals surface area (Å²) in [6.07, 6.45) is 5.55. The maximum Gasteiger partial charge on any atom is 0.290 e. The van der Waals surface area contributed by atoms with Gasteiger partial charge in [0.1, 0.15) is 0 Å². The van der Waals surface area contributed by atoms with Gasteiger partial charge in [-0.15, -0.1) is 0 Å². The van der Waals surface area contributed by atoms with Gasteiger partial charge in [0.05, 0.1) is 18.9 Å². The van der Waals surface area contributed by atoms with Crippen molar-refractivity contribution in [1.29, 1.82) is 0 Å². The van der Waals surface area contributed by atoms with E-state index in [0.717, 1.165) is 36.8 Å². The normalized spacial score (nSPS) is 19.9. The van der Waals surface area contributed by atoms with Gasteiger partial charge >= 0.3 is 0 Å².